The summed E-state index contributed by atoms with van der Waals surface area (Å²) in [6.45, 7) is 6.75. The van der Waals surface area contributed by atoms with Gasteiger partial charge in [0.15, 0.2) is 5.13 Å². The van der Waals surface area contributed by atoms with Gasteiger partial charge in [0.05, 0.1) is 5.69 Å². The zero-order valence-corrected chi connectivity index (χ0v) is 11.3. The summed E-state index contributed by atoms with van der Waals surface area (Å²) in [5.74, 6) is 1.59. The average Bonchev–Trinajstić information content (AvgIpc) is 2.64. The summed E-state index contributed by atoms with van der Waals surface area (Å²) in [6, 6.07) is 0.638. The third-order valence-electron chi connectivity index (χ3n) is 3.60. The molecule has 1 saturated carbocycles. The summed E-state index contributed by atoms with van der Waals surface area (Å²) in [7, 11) is 0. The Labute approximate surface area is 102 Å². The minimum atomic E-state index is 0.638. The zero-order chi connectivity index (χ0) is 11.5. The summed E-state index contributed by atoms with van der Waals surface area (Å²) in [4.78, 5) is 4.51. The van der Waals surface area contributed by atoms with Gasteiger partial charge in [-0.05, 0) is 31.6 Å². The van der Waals surface area contributed by atoms with Crippen LogP contribution in [0, 0.1) is 18.8 Å². The standard InChI is InChI=1S/C13H22N2S/c1-9(2)11-6-4-5-7-12(11)15-13-14-10(3)8-16-13/h8-9,11-12H,4-7H2,1-3H3,(H,14,15). The molecule has 2 nitrogen and oxygen atoms in total. The van der Waals surface area contributed by atoms with Gasteiger partial charge in [0.1, 0.15) is 0 Å². The first-order chi connectivity index (χ1) is 7.66. The number of anilines is 1. The molecule has 0 aromatic carbocycles. The van der Waals surface area contributed by atoms with Crippen LogP contribution in [0.4, 0.5) is 5.13 Å². The first kappa shape index (κ1) is 11.9. The molecule has 1 aromatic rings. The highest BCUT2D eigenvalue weighted by Gasteiger charge is 2.27. The van der Waals surface area contributed by atoms with Crippen LogP contribution in [-0.2, 0) is 0 Å². The second kappa shape index (κ2) is 5.17. The first-order valence-electron chi connectivity index (χ1n) is 6.35. The normalized spacial score (nSPS) is 26.0. The van der Waals surface area contributed by atoms with Gasteiger partial charge in [0, 0.05) is 11.4 Å². The van der Waals surface area contributed by atoms with E-state index in [0.29, 0.717) is 6.04 Å². The lowest BCUT2D eigenvalue weighted by atomic mass is 9.78. The fraction of sp³-hybridized carbons (Fsp3) is 0.769. The van der Waals surface area contributed by atoms with Crippen molar-refractivity contribution < 1.29 is 0 Å². The van der Waals surface area contributed by atoms with Gasteiger partial charge in [0.25, 0.3) is 0 Å². The van der Waals surface area contributed by atoms with Crippen molar-refractivity contribution in [1.29, 1.82) is 0 Å². The topological polar surface area (TPSA) is 24.9 Å². The molecule has 2 rings (SSSR count). The highest BCUT2D eigenvalue weighted by molar-refractivity contribution is 7.13. The fourth-order valence-electron chi connectivity index (χ4n) is 2.72. The zero-order valence-electron chi connectivity index (χ0n) is 10.5. The highest BCUT2D eigenvalue weighted by Crippen LogP contribution is 2.32. The molecule has 1 aromatic heterocycles. The lowest BCUT2D eigenvalue weighted by Gasteiger charge is -2.34. The van der Waals surface area contributed by atoms with Crippen molar-refractivity contribution in [3.05, 3.63) is 11.1 Å². The third kappa shape index (κ3) is 2.76. The minimum Gasteiger partial charge on any atom is -0.358 e. The van der Waals surface area contributed by atoms with Gasteiger partial charge in [-0.2, -0.15) is 0 Å². The minimum absolute atomic E-state index is 0.638. The number of aryl methyl sites for hydroxylation is 1. The summed E-state index contributed by atoms with van der Waals surface area (Å²) < 4.78 is 0. The Hall–Kier alpha value is -0.570. The molecule has 0 aliphatic heterocycles. The summed E-state index contributed by atoms with van der Waals surface area (Å²) in [5.41, 5.74) is 1.13. The molecule has 1 fully saturated rings. The number of hydrogen-bond acceptors (Lipinski definition) is 3. The van der Waals surface area contributed by atoms with Crippen molar-refractivity contribution in [2.24, 2.45) is 11.8 Å². The molecule has 0 amide bonds. The van der Waals surface area contributed by atoms with Crippen LogP contribution in [0.3, 0.4) is 0 Å². The summed E-state index contributed by atoms with van der Waals surface area (Å²) in [5, 5.41) is 6.87. The molecular weight excluding hydrogens is 216 g/mol. The van der Waals surface area contributed by atoms with Crippen LogP contribution in [0.15, 0.2) is 5.38 Å². The van der Waals surface area contributed by atoms with E-state index in [4.69, 9.17) is 0 Å². The maximum atomic E-state index is 4.51. The van der Waals surface area contributed by atoms with Crippen LogP contribution in [0.25, 0.3) is 0 Å². The largest absolute Gasteiger partial charge is 0.358 e. The molecule has 0 saturated heterocycles. The molecule has 90 valence electrons. The second-order valence-corrected chi connectivity index (χ2v) is 6.10. The third-order valence-corrected chi connectivity index (χ3v) is 4.49. The van der Waals surface area contributed by atoms with Crippen molar-refractivity contribution in [1.82, 2.24) is 4.98 Å². The van der Waals surface area contributed by atoms with Crippen molar-refractivity contribution >= 4 is 16.5 Å². The number of hydrogen-bond donors (Lipinski definition) is 1. The number of aromatic nitrogens is 1. The van der Waals surface area contributed by atoms with E-state index in [2.05, 4.69) is 36.5 Å². The van der Waals surface area contributed by atoms with E-state index in [9.17, 15) is 0 Å². The molecular formula is C13H22N2S. The number of nitrogens with zero attached hydrogens (tertiary/aromatic N) is 1. The van der Waals surface area contributed by atoms with Crippen molar-refractivity contribution in [2.45, 2.75) is 52.5 Å². The summed E-state index contributed by atoms with van der Waals surface area (Å²) in [6.07, 6.45) is 5.45. The predicted octanol–water partition coefficient (Wildman–Crippen LogP) is 4.08. The van der Waals surface area contributed by atoms with E-state index in [0.717, 1.165) is 22.7 Å². The van der Waals surface area contributed by atoms with E-state index < -0.39 is 0 Å². The van der Waals surface area contributed by atoms with Crippen LogP contribution < -0.4 is 5.32 Å². The van der Waals surface area contributed by atoms with Gasteiger partial charge in [-0.3, -0.25) is 0 Å². The van der Waals surface area contributed by atoms with Gasteiger partial charge >= 0.3 is 0 Å². The number of rotatable bonds is 3. The van der Waals surface area contributed by atoms with Gasteiger partial charge in [-0.1, -0.05) is 26.7 Å². The van der Waals surface area contributed by atoms with E-state index in [1.807, 2.05) is 0 Å². The molecule has 3 heteroatoms. The second-order valence-electron chi connectivity index (χ2n) is 5.24. The van der Waals surface area contributed by atoms with Crippen LogP contribution in [0.5, 0.6) is 0 Å². The SMILES string of the molecule is Cc1csc(NC2CCCCC2C(C)C)n1. The monoisotopic (exact) mass is 238 g/mol. The highest BCUT2D eigenvalue weighted by atomic mass is 32.1. The van der Waals surface area contributed by atoms with Gasteiger partial charge < -0.3 is 5.32 Å². The van der Waals surface area contributed by atoms with Gasteiger partial charge in [0.2, 0.25) is 0 Å². The molecule has 2 atom stereocenters. The van der Waals surface area contributed by atoms with Crippen LogP contribution in [0.1, 0.15) is 45.2 Å². The Balaban J connectivity index is 2.01. The smallest absolute Gasteiger partial charge is 0.183 e. The van der Waals surface area contributed by atoms with E-state index in [1.54, 1.807) is 11.3 Å². The van der Waals surface area contributed by atoms with E-state index in [1.165, 1.54) is 25.7 Å². The molecule has 1 N–H and O–H groups in total. The Bertz CT molecular complexity index is 332. The maximum absolute atomic E-state index is 4.51. The fourth-order valence-corrected chi connectivity index (χ4v) is 3.47. The quantitative estimate of drug-likeness (QED) is 0.858. The molecule has 0 bridgehead atoms. The van der Waals surface area contributed by atoms with Crippen molar-refractivity contribution in [3.63, 3.8) is 0 Å². The molecule has 1 heterocycles. The first-order valence-corrected chi connectivity index (χ1v) is 7.23. The Kier molecular flexibility index (Phi) is 3.85. The van der Waals surface area contributed by atoms with E-state index >= 15 is 0 Å². The lowest BCUT2D eigenvalue weighted by molar-refractivity contribution is 0.254. The lowest BCUT2D eigenvalue weighted by Crippen LogP contribution is -2.35. The van der Waals surface area contributed by atoms with Gasteiger partial charge in [-0.15, -0.1) is 11.3 Å². The molecule has 16 heavy (non-hydrogen) atoms. The Morgan fingerprint density at radius 3 is 2.75 bits per heavy atom. The molecule has 1 aliphatic carbocycles. The molecule has 0 spiro atoms. The maximum Gasteiger partial charge on any atom is 0.183 e. The Morgan fingerprint density at radius 2 is 2.12 bits per heavy atom. The molecule has 1 aliphatic rings. The average molecular weight is 238 g/mol. The number of thiazole rings is 1. The van der Waals surface area contributed by atoms with Crippen LogP contribution >= 0.6 is 11.3 Å². The Morgan fingerprint density at radius 1 is 1.38 bits per heavy atom. The predicted molar refractivity (Wildman–Crippen MR) is 71.1 cm³/mol. The van der Waals surface area contributed by atoms with Crippen LogP contribution in [0.2, 0.25) is 0 Å². The summed E-state index contributed by atoms with van der Waals surface area (Å²) >= 11 is 1.73. The van der Waals surface area contributed by atoms with E-state index in [-0.39, 0.29) is 0 Å². The van der Waals surface area contributed by atoms with Crippen molar-refractivity contribution in [3.8, 4) is 0 Å². The van der Waals surface area contributed by atoms with Gasteiger partial charge in [-0.25, -0.2) is 4.98 Å². The van der Waals surface area contributed by atoms with Crippen LogP contribution in [-0.4, -0.2) is 11.0 Å². The molecule has 2 unspecified atom stereocenters. The number of nitrogens with one attached hydrogen (secondary N) is 1. The molecule has 0 radical (unpaired) electrons. The van der Waals surface area contributed by atoms with Crippen molar-refractivity contribution in [2.75, 3.05) is 5.32 Å².